The molecule has 0 bridgehead atoms. The molecule has 0 fully saturated rings. The van der Waals surface area contributed by atoms with Crippen molar-refractivity contribution < 1.29 is 14.6 Å². The quantitative estimate of drug-likeness (QED) is 0.777. The summed E-state index contributed by atoms with van der Waals surface area (Å²) in [5.74, 6) is 0. The summed E-state index contributed by atoms with van der Waals surface area (Å²) in [5, 5.41) is 14.6. The fourth-order valence-electron chi connectivity index (χ4n) is 1.35. The third-order valence-electron chi connectivity index (χ3n) is 2.23. The van der Waals surface area contributed by atoms with Crippen LogP contribution in [0.15, 0.2) is 22.7 Å². The SMILES string of the molecule is COCC(O)CNC(=O)Nc1ccc(C)cc1Br. The van der Waals surface area contributed by atoms with Gasteiger partial charge in [-0.1, -0.05) is 6.07 Å². The number of amides is 2. The number of halogens is 1. The molecule has 1 aromatic rings. The lowest BCUT2D eigenvalue weighted by Crippen LogP contribution is -2.37. The molecule has 0 radical (unpaired) electrons. The first-order valence-electron chi connectivity index (χ1n) is 5.51. The number of aryl methyl sites for hydroxylation is 1. The zero-order chi connectivity index (χ0) is 13.5. The van der Waals surface area contributed by atoms with Crippen LogP contribution in [-0.4, -0.2) is 37.5 Å². The first-order valence-corrected chi connectivity index (χ1v) is 6.30. The van der Waals surface area contributed by atoms with Crippen LogP contribution in [-0.2, 0) is 4.74 Å². The van der Waals surface area contributed by atoms with Crippen LogP contribution in [0.1, 0.15) is 5.56 Å². The summed E-state index contributed by atoms with van der Waals surface area (Å²) in [7, 11) is 1.49. The molecule has 6 heteroatoms. The molecule has 0 aromatic heterocycles. The predicted molar refractivity (Wildman–Crippen MR) is 73.8 cm³/mol. The lowest BCUT2D eigenvalue weighted by atomic mass is 10.2. The number of benzene rings is 1. The van der Waals surface area contributed by atoms with Crippen LogP contribution in [0.2, 0.25) is 0 Å². The Morgan fingerprint density at radius 2 is 2.28 bits per heavy atom. The van der Waals surface area contributed by atoms with Gasteiger partial charge in [-0.15, -0.1) is 0 Å². The van der Waals surface area contributed by atoms with E-state index in [1.54, 1.807) is 0 Å². The molecule has 0 spiro atoms. The van der Waals surface area contributed by atoms with E-state index in [1.165, 1.54) is 7.11 Å². The molecular formula is C12H17BrN2O3. The lowest BCUT2D eigenvalue weighted by molar-refractivity contribution is 0.0663. The summed E-state index contributed by atoms with van der Waals surface area (Å²) in [6.07, 6.45) is -0.706. The first-order chi connectivity index (χ1) is 8.52. The summed E-state index contributed by atoms with van der Waals surface area (Å²) in [5.41, 5.74) is 1.78. The molecule has 1 unspecified atom stereocenters. The second-order valence-corrected chi connectivity index (χ2v) is 4.78. The van der Waals surface area contributed by atoms with E-state index in [1.807, 2.05) is 25.1 Å². The molecule has 2 amide bonds. The number of rotatable bonds is 5. The number of aliphatic hydroxyl groups excluding tert-OH is 1. The monoisotopic (exact) mass is 316 g/mol. The van der Waals surface area contributed by atoms with Gasteiger partial charge in [0.1, 0.15) is 0 Å². The maximum atomic E-state index is 11.6. The molecule has 1 atom stereocenters. The number of carbonyl (C=O) groups is 1. The molecule has 0 aliphatic carbocycles. The van der Waals surface area contributed by atoms with Crippen LogP contribution < -0.4 is 10.6 Å². The first kappa shape index (κ1) is 14.9. The highest BCUT2D eigenvalue weighted by molar-refractivity contribution is 9.10. The fourth-order valence-corrected chi connectivity index (χ4v) is 1.94. The molecule has 5 nitrogen and oxygen atoms in total. The Morgan fingerprint density at radius 3 is 2.89 bits per heavy atom. The van der Waals surface area contributed by atoms with Gasteiger partial charge < -0.3 is 20.5 Å². The number of hydrogen-bond donors (Lipinski definition) is 3. The summed E-state index contributed by atoms with van der Waals surface area (Å²) in [6, 6.07) is 5.26. The molecule has 0 saturated carbocycles. The van der Waals surface area contributed by atoms with Crippen LogP contribution in [0.4, 0.5) is 10.5 Å². The Morgan fingerprint density at radius 1 is 1.56 bits per heavy atom. The van der Waals surface area contributed by atoms with Crippen molar-refractivity contribution in [3.8, 4) is 0 Å². The van der Waals surface area contributed by atoms with Crippen molar-refractivity contribution in [3.05, 3.63) is 28.2 Å². The van der Waals surface area contributed by atoms with Gasteiger partial charge in [0.05, 0.1) is 18.4 Å². The van der Waals surface area contributed by atoms with Gasteiger partial charge in [0.15, 0.2) is 0 Å². The van der Waals surface area contributed by atoms with Crippen molar-refractivity contribution in [2.24, 2.45) is 0 Å². The number of hydrogen-bond acceptors (Lipinski definition) is 3. The van der Waals surface area contributed by atoms with Gasteiger partial charge >= 0.3 is 6.03 Å². The predicted octanol–water partition coefficient (Wildman–Crippen LogP) is 1.89. The number of methoxy groups -OCH3 is 1. The summed E-state index contributed by atoms with van der Waals surface area (Å²) in [6.45, 7) is 2.30. The van der Waals surface area contributed by atoms with Gasteiger partial charge in [0.2, 0.25) is 0 Å². The highest BCUT2D eigenvalue weighted by atomic mass is 79.9. The molecule has 1 rings (SSSR count). The summed E-state index contributed by atoms with van der Waals surface area (Å²) >= 11 is 3.37. The normalized spacial score (nSPS) is 12.0. The zero-order valence-corrected chi connectivity index (χ0v) is 12.0. The van der Waals surface area contributed by atoms with E-state index in [2.05, 4.69) is 26.6 Å². The van der Waals surface area contributed by atoms with E-state index in [-0.39, 0.29) is 19.2 Å². The summed E-state index contributed by atoms with van der Waals surface area (Å²) < 4.78 is 5.57. The molecule has 0 aliphatic heterocycles. The standard InChI is InChI=1S/C12H17BrN2O3/c1-8-3-4-11(10(13)5-8)15-12(17)14-6-9(16)7-18-2/h3-5,9,16H,6-7H2,1-2H3,(H2,14,15,17). The number of aliphatic hydroxyl groups is 1. The van der Waals surface area contributed by atoms with E-state index in [0.29, 0.717) is 5.69 Å². The van der Waals surface area contributed by atoms with E-state index in [4.69, 9.17) is 4.74 Å². The van der Waals surface area contributed by atoms with Gasteiger partial charge in [0, 0.05) is 18.1 Å². The molecule has 18 heavy (non-hydrogen) atoms. The zero-order valence-electron chi connectivity index (χ0n) is 10.4. The second kappa shape index (κ2) is 7.35. The van der Waals surface area contributed by atoms with Crippen molar-refractivity contribution in [1.29, 1.82) is 0 Å². The van der Waals surface area contributed by atoms with Crippen LogP contribution in [0.5, 0.6) is 0 Å². The largest absolute Gasteiger partial charge is 0.389 e. The van der Waals surface area contributed by atoms with E-state index >= 15 is 0 Å². The topological polar surface area (TPSA) is 70.6 Å². The Labute approximate surface area is 115 Å². The number of nitrogens with one attached hydrogen (secondary N) is 2. The Balaban J connectivity index is 2.44. The molecule has 100 valence electrons. The van der Waals surface area contributed by atoms with Crippen molar-refractivity contribution in [2.75, 3.05) is 25.6 Å². The Hall–Kier alpha value is -1.11. The third-order valence-corrected chi connectivity index (χ3v) is 2.89. The van der Waals surface area contributed by atoms with Crippen LogP contribution in [0.25, 0.3) is 0 Å². The molecule has 3 N–H and O–H groups in total. The number of ether oxygens (including phenoxy) is 1. The van der Waals surface area contributed by atoms with Gasteiger partial charge in [0.25, 0.3) is 0 Å². The number of urea groups is 1. The molecule has 0 aliphatic rings. The summed E-state index contributed by atoms with van der Waals surface area (Å²) in [4.78, 5) is 11.6. The van der Waals surface area contributed by atoms with E-state index < -0.39 is 6.10 Å². The Bertz CT molecular complexity index is 412. The van der Waals surface area contributed by atoms with Crippen LogP contribution >= 0.6 is 15.9 Å². The average Bonchev–Trinajstić information content (AvgIpc) is 2.31. The van der Waals surface area contributed by atoms with Crippen LogP contribution in [0, 0.1) is 6.92 Å². The smallest absolute Gasteiger partial charge is 0.319 e. The van der Waals surface area contributed by atoms with E-state index in [9.17, 15) is 9.90 Å². The van der Waals surface area contributed by atoms with Crippen molar-refractivity contribution in [1.82, 2.24) is 5.32 Å². The highest BCUT2D eigenvalue weighted by Crippen LogP contribution is 2.23. The van der Waals surface area contributed by atoms with E-state index in [0.717, 1.165) is 10.0 Å². The maximum Gasteiger partial charge on any atom is 0.319 e. The number of carbonyl (C=O) groups excluding carboxylic acids is 1. The van der Waals surface area contributed by atoms with Crippen molar-refractivity contribution >= 4 is 27.6 Å². The molecule has 0 saturated heterocycles. The lowest BCUT2D eigenvalue weighted by Gasteiger charge is -2.12. The highest BCUT2D eigenvalue weighted by Gasteiger charge is 2.08. The molecule has 1 aromatic carbocycles. The maximum absolute atomic E-state index is 11.6. The fraction of sp³-hybridized carbons (Fsp3) is 0.417. The van der Waals surface area contributed by atoms with Crippen LogP contribution in [0.3, 0.4) is 0 Å². The number of anilines is 1. The van der Waals surface area contributed by atoms with Crippen molar-refractivity contribution in [2.45, 2.75) is 13.0 Å². The minimum absolute atomic E-state index is 0.142. The molecule has 0 heterocycles. The minimum Gasteiger partial charge on any atom is -0.389 e. The van der Waals surface area contributed by atoms with Gasteiger partial charge in [-0.2, -0.15) is 0 Å². The minimum atomic E-state index is -0.706. The second-order valence-electron chi connectivity index (χ2n) is 3.93. The Kier molecular flexibility index (Phi) is 6.11. The molecular weight excluding hydrogens is 300 g/mol. The van der Waals surface area contributed by atoms with Gasteiger partial charge in [-0.05, 0) is 40.5 Å². The van der Waals surface area contributed by atoms with Gasteiger partial charge in [-0.25, -0.2) is 4.79 Å². The van der Waals surface area contributed by atoms with Crippen molar-refractivity contribution in [3.63, 3.8) is 0 Å². The third kappa shape index (κ3) is 5.03. The average molecular weight is 317 g/mol. The van der Waals surface area contributed by atoms with Gasteiger partial charge in [-0.3, -0.25) is 0 Å².